The number of aryl methyl sites for hydroxylation is 2. The first-order valence-corrected chi connectivity index (χ1v) is 15.9. The van der Waals surface area contributed by atoms with E-state index in [1.165, 1.54) is 16.9 Å². The van der Waals surface area contributed by atoms with Gasteiger partial charge in [0.1, 0.15) is 12.4 Å². The molecule has 4 heterocycles. The number of nitrogens with zero attached hydrogens (tertiary/aromatic N) is 5. The molecule has 1 fully saturated rings. The van der Waals surface area contributed by atoms with Crippen molar-refractivity contribution in [3.63, 3.8) is 0 Å². The highest BCUT2D eigenvalue weighted by atomic mass is 19.3. The van der Waals surface area contributed by atoms with Gasteiger partial charge in [0.25, 0.3) is 6.43 Å². The lowest BCUT2D eigenvalue weighted by Gasteiger charge is -2.33. The summed E-state index contributed by atoms with van der Waals surface area (Å²) in [4.78, 5) is 20.1. The number of ether oxygens (including phenoxy) is 2. The molecular formula is C34H41F2N5O4. The summed E-state index contributed by atoms with van der Waals surface area (Å²) in [5, 5.41) is 14.9. The van der Waals surface area contributed by atoms with Crippen LogP contribution in [0, 0.1) is 12.8 Å². The molecule has 0 radical (unpaired) electrons. The first-order valence-electron chi connectivity index (χ1n) is 15.9. The highest BCUT2D eigenvalue weighted by Crippen LogP contribution is 2.38. The Morgan fingerprint density at radius 3 is 2.60 bits per heavy atom. The van der Waals surface area contributed by atoms with Crippen molar-refractivity contribution in [1.82, 2.24) is 24.2 Å². The Kier molecular flexibility index (Phi) is 9.18. The zero-order chi connectivity index (χ0) is 31.7. The van der Waals surface area contributed by atoms with Gasteiger partial charge >= 0.3 is 5.97 Å². The number of aromatic nitrogens is 4. The molecule has 2 aromatic carbocycles. The molecule has 0 spiro atoms. The van der Waals surface area contributed by atoms with Gasteiger partial charge in [-0.3, -0.25) is 9.58 Å². The second kappa shape index (κ2) is 13.3. The van der Waals surface area contributed by atoms with E-state index in [4.69, 9.17) is 14.6 Å². The fraction of sp³-hybridized carbons (Fsp3) is 0.500. The van der Waals surface area contributed by atoms with Crippen LogP contribution in [-0.2, 0) is 22.5 Å². The molecule has 2 aromatic heterocycles. The number of hydrogen-bond acceptors (Lipinski definition) is 7. The standard InChI is InChI=1S/C34H41F2N5O4/c1-4-44-34(43)32(31-29-6-5-13-40(29)20-37-31)41-19-28-27(33(35)36)18-26(21(2)30(28)38-41)24-7-9-25(10-8-24)45-17-16-39-14-11-23(12-15-39)22(3)42/h7-10,18-20,22-23,32-33,42H,4-6,11-17H2,1-3H3. The zero-order valence-corrected chi connectivity index (χ0v) is 26.1. The Morgan fingerprint density at radius 1 is 1.16 bits per heavy atom. The number of alkyl halides is 2. The molecule has 1 N–H and O–H groups in total. The van der Waals surface area contributed by atoms with Crippen molar-refractivity contribution in [2.75, 3.05) is 32.8 Å². The number of benzene rings is 2. The zero-order valence-electron chi connectivity index (χ0n) is 26.1. The van der Waals surface area contributed by atoms with E-state index in [1.807, 2.05) is 42.7 Å². The summed E-state index contributed by atoms with van der Waals surface area (Å²) in [6.45, 7) is 9.71. The van der Waals surface area contributed by atoms with E-state index in [9.17, 15) is 18.7 Å². The number of likely N-dealkylation sites (tertiary alicyclic amines) is 1. The number of fused-ring (bicyclic) bond motifs is 2. The van der Waals surface area contributed by atoms with Crippen LogP contribution >= 0.6 is 0 Å². The van der Waals surface area contributed by atoms with Gasteiger partial charge in [-0.05, 0) is 100 Å². The van der Waals surface area contributed by atoms with E-state index in [0.717, 1.165) is 68.7 Å². The van der Waals surface area contributed by atoms with Gasteiger partial charge in [0.2, 0.25) is 0 Å². The summed E-state index contributed by atoms with van der Waals surface area (Å²) in [7, 11) is 0. The number of carbonyl (C=O) groups excluding carboxylic acids is 1. The molecule has 2 aliphatic rings. The molecule has 0 bridgehead atoms. The Balaban J connectivity index is 1.25. The predicted octanol–water partition coefficient (Wildman–Crippen LogP) is 5.72. The van der Waals surface area contributed by atoms with E-state index < -0.39 is 18.4 Å². The highest BCUT2D eigenvalue weighted by molar-refractivity contribution is 5.92. The molecule has 0 aliphatic carbocycles. The van der Waals surface area contributed by atoms with Crippen molar-refractivity contribution in [2.45, 2.75) is 71.6 Å². The van der Waals surface area contributed by atoms with Crippen LogP contribution in [0.2, 0.25) is 0 Å². The fourth-order valence-corrected chi connectivity index (χ4v) is 6.74. The molecule has 2 atom stereocenters. The van der Waals surface area contributed by atoms with E-state index in [2.05, 4.69) is 9.88 Å². The predicted molar refractivity (Wildman–Crippen MR) is 167 cm³/mol. The van der Waals surface area contributed by atoms with E-state index in [0.29, 0.717) is 40.4 Å². The molecule has 9 nitrogen and oxygen atoms in total. The van der Waals surface area contributed by atoms with Gasteiger partial charge in [-0.15, -0.1) is 0 Å². The van der Waals surface area contributed by atoms with Crippen LogP contribution in [0.3, 0.4) is 0 Å². The van der Waals surface area contributed by atoms with Gasteiger partial charge in [-0.25, -0.2) is 18.6 Å². The lowest BCUT2D eigenvalue weighted by atomic mass is 9.92. The minimum absolute atomic E-state index is 0.144. The summed E-state index contributed by atoms with van der Waals surface area (Å²) >= 11 is 0. The van der Waals surface area contributed by atoms with Crippen molar-refractivity contribution < 1.29 is 28.2 Å². The molecule has 1 saturated heterocycles. The number of piperidine rings is 1. The van der Waals surface area contributed by atoms with Crippen molar-refractivity contribution in [2.24, 2.45) is 5.92 Å². The number of carbonyl (C=O) groups is 1. The Bertz CT molecular complexity index is 1640. The largest absolute Gasteiger partial charge is 0.492 e. The third-order valence-electron chi connectivity index (χ3n) is 9.32. The third-order valence-corrected chi connectivity index (χ3v) is 9.32. The maximum atomic E-state index is 14.5. The van der Waals surface area contributed by atoms with Crippen molar-refractivity contribution in [3.05, 3.63) is 65.4 Å². The molecule has 6 rings (SSSR count). The summed E-state index contributed by atoms with van der Waals surface area (Å²) in [5.74, 6) is 0.558. The maximum Gasteiger partial charge on any atom is 0.337 e. The van der Waals surface area contributed by atoms with E-state index >= 15 is 0 Å². The van der Waals surface area contributed by atoms with Crippen LogP contribution in [0.1, 0.15) is 68.1 Å². The lowest BCUT2D eigenvalue weighted by molar-refractivity contribution is -0.146. The average Bonchev–Trinajstić information content (AvgIpc) is 3.76. The van der Waals surface area contributed by atoms with E-state index in [-0.39, 0.29) is 18.3 Å². The van der Waals surface area contributed by atoms with E-state index in [1.54, 1.807) is 13.3 Å². The van der Waals surface area contributed by atoms with Gasteiger partial charge in [0.15, 0.2) is 6.04 Å². The summed E-state index contributed by atoms with van der Waals surface area (Å²) < 4.78 is 43.9. The van der Waals surface area contributed by atoms with Gasteiger partial charge < -0.3 is 19.1 Å². The average molecular weight is 622 g/mol. The van der Waals surface area contributed by atoms with Crippen LogP contribution in [0.25, 0.3) is 22.0 Å². The molecule has 4 aromatic rings. The number of hydrogen-bond donors (Lipinski definition) is 1. The second-order valence-electron chi connectivity index (χ2n) is 12.1. The van der Waals surface area contributed by atoms with Gasteiger partial charge in [-0.2, -0.15) is 5.10 Å². The minimum atomic E-state index is -2.74. The molecular weight excluding hydrogens is 580 g/mol. The molecule has 0 saturated carbocycles. The van der Waals surface area contributed by atoms with Crippen molar-refractivity contribution >= 4 is 16.9 Å². The number of imidazole rings is 1. The second-order valence-corrected chi connectivity index (χ2v) is 12.1. The monoisotopic (exact) mass is 621 g/mol. The molecule has 45 heavy (non-hydrogen) atoms. The number of esters is 1. The molecule has 2 unspecified atom stereocenters. The van der Waals surface area contributed by atoms with Gasteiger partial charge in [0, 0.05) is 35.9 Å². The number of rotatable bonds is 11. The third kappa shape index (κ3) is 6.33. The topological polar surface area (TPSA) is 94.6 Å². The first-order chi connectivity index (χ1) is 21.7. The van der Waals surface area contributed by atoms with Crippen LogP contribution in [0.5, 0.6) is 5.75 Å². The molecule has 0 amide bonds. The Labute approximate surface area is 261 Å². The maximum absolute atomic E-state index is 14.5. The fourth-order valence-electron chi connectivity index (χ4n) is 6.74. The van der Waals surface area contributed by atoms with Crippen LogP contribution in [0.15, 0.2) is 42.9 Å². The quantitative estimate of drug-likeness (QED) is 0.214. The van der Waals surface area contributed by atoms with Crippen LogP contribution in [0.4, 0.5) is 8.78 Å². The number of aliphatic hydroxyl groups is 1. The summed E-state index contributed by atoms with van der Waals surface area (Å²) in [5.41, 5.74) is 3.91. The van der Waals surface area contributed by atoms with Crippen molar-refractivity contribution in [1.29, 1.82) is 0 Å². The van der Waals surface area contributed by atoms with Crippen LogP contribution < -0.4 is 4.74 Å². The highest BCUT2D eigenvalue weighted by Gasteiger charge is 2.33. The summed E-state index contributed by atoms with van der Waals surface area (Å²) in [6.07, 6.45) is 3.95. The molecule has 240 valence electrons. The minimum Gasteiger partial charge on any atom is -0.492 e. The first kappa shape index (κ1) is 31.2. The SMILES string of the molecule is CCOC(=O)C(c1ncn2c1CCC2)n1cc2c(C(F)F)cc(-c3ccc(OCCN4CCC(C(C)O)CC4)cc3)c(C)c2n1. The Hall–Kier alpha value is -3.83. The van der Waals surface area contributed by atoms with Gasteiger partial charge in [0.05, 0.1) is 30.2 Å². The summed E-state index contributed by atoms with van der Waals surface area (Å²) in [6, 6.07) is 8.01. The number of halogens is 2. The van der Waals surface area contributed by atoms with Crippen LogP contribution in [-0.4, -0.2) is 74.3 Å². The lowest BCUT2D eigenvalue weighted by Crippen LogP contribution is -2.39. The Morgan fingerprint density at radius 2 is 1.91 bits per heavy atom. The molecule has 2 aliphatic heterocycles. The smallest absolute Gasteiger partial charge is 0.337 e. The van der Waals surface area contributed by atoms with Crippen molar-refractivity contribution in [3.8, 4) is 16.9 Å². The van der Waals surface area contributed by atoms with Gasteiger partial charge in [-0.1, -0.05) is 12.1 Å². The number of aliphatic hydroxyl groups excluding tert-OH is 1. The normalized spacial score (nSPS) is 17.1. The molecule has 11 heteroatoms.